The molecule has 30 heavy (non-hydrogen) atoms. The van der Waals surface area contributed by atoms with Gasteiger partial charge in [0.25, 0.3) is 0 Å². The van der Waals surface area contributed by atoms with Crippen LogP contribution in [-0.2, 0) is 13.2 Å². The van der Waals surface area contributed by atoms with Gasteiger partial charge in [-0.05, 0) is 48.4 Å². The van der Waals surface area contributed by atoms with Crippen molar-refractivity contribution in [3.05, 3.63) is 87.8 Å². The molecule has 0 bridgehead atoms. The summed E-state index contributed by atoms with van der Waals surface area (Å²) in [6.45, 7) is 3.17. The summed E-state index contributed by atoms with van der Waals surface area (Å²) in [6, 6.07) is 19.9. The number of halogens is 1. The van der Waals surface area contributed by atoms with Gasteiger partial charge in [0.05, 0.1) is 18.1 Å². The number of hydrogen-bond donors (Lipinski definition) is 3. The minimum Gasteiger partial charge on any atom is -1.00 e. The fourth-order valence-electron chi connectivity index (χ4n) is 3.13. The molecule has 4 rings (SSSR count). The van der Waals surface area contributed by atoms with Crippen LogP contribution in [0.25, 0.3) is 11.0 Å². The van der Waals surface area contributed by atoms with Crippen molar-refractivity contribution in [2.45, 2.75) is 20.1 Å². The summed E-state index contributed by atoms with van der Waals surface area (Å²) in [5.41, 5.74) is 5.68. The number of nitrogens with one attached hydrogen (secondary N) is 3. The lowest BCUT2D eigenvalue weighted by Crippen LogP contribution is -3.00. The Morgan fingerprint density at radius 1 is 0.867 bits per heavy atom. The molecule has 0 radical (unpaired) electrons. The third kappa shape index (κ3) is 4.96. The van der Waals surface area contributed by atoms with Gasteiger partial charge < -0.3 is 37.2 Å². The Morgan fingerprint density at radius 3 is 2.37 bits per heavy atom. The molecule has 0 atom stereocenters. The number of aromatic amines is 2. The zero-order valence-electron chi connectivity index (χ0n) is 16.8. The summed E-state index contributed by atoms with van der Waals surface area (Å²) >= 11 is 0. The minimum absolute atomic E-state index is 0. The van der Waals surface area contributed by atoms with Crippen LogP contribution in [0.3, 0.4) is 0 Å². The van der Waals surface area contributed by atoms with Crippen LogP contribution in [0, 0.1) is 6.92 Å². The van der Waals surface area contributed by atoms with Crippen molar-refractivity contribution in [2.24, 2.45) is 0 Å². The van der Waals surface area contributed by atoms with Gasteiger partial charge in [0, 0.05) is 12.2 Å². The predicted octanol–water partition coefficient (Wildman–Crippen LogP) is 1.37. The van der Waals surface area contributed by atoms with Gasteiger partial charge in [-0.1, -0.05) is 35.9 Å². The van der Waals surface area contributed by atoms with Gasteiger partial charge >= 0.3 is 5.69 Å². The van der Waals surface area contributed by atoms with E-state index in [1.807, 2.05) is 36.4 Å². The third-order valence-corrected chi connectivity index (χ3v) is 4.76. The SMILES string of the molecule is COc1cc(CNc2ccc3[nH]c(=O)[nH]c3c2)ccc1OCc1ccc(C)cc1.[Cl-]. The van der Waals surface area contributed by atoms with Gasteiger partial charge in [-0.2, -0.15) is 0 Å². The molecule has 6 nitrogen and oxygen atoms in total. The average Bonchev–Trinajstić information content (AvgIpc) is 3.11. The smallest absolute Gasteiger partial charge is 0.323 e. The molecule has 0 spiro atoms. The molecule has 1 aromatic heterocycles. The summed E-state index contributed by atoms with van der Waals surface area (Å²) in [4.78, 5) is 16.9. The summed E-state index contributed by atoms with van der Waals surface area (Å²) in [7, 11) is 1.64. The summed E-state index contributed by atoms with van der Waals surface area (Å²) < 4.78 is 11.4. The molecular weight excluding hydrogens is 402 g/mol. The van der Waals surface area contributed by atoms with Crippen molar-refractivity contribution in [1.82, 2.24) is 9.97 Å². The molecule has 0 saturated carbocycles. The minimum atomic E-state index is -0.205. The number of imidazole rings is 1. The number of anilines is 1. The van der Waals surface area contributed by atoms with Crippen LogP contribution >= 0.6 is 0 Å². The number of aryl methyl sites for hydroxylation is 1. The number of aromatic nitrogens is 2. The van der Waals surface area contributed by atoms with Gasteiger partial charge in [-0.3, -0.25) is 0 Å². The molecule has 156 valence electrons. The molecule has 0 amide bonds. The average molecular weight is 425 g/mol. The third-order valence-electron chi connectivity index (χ3n) is 4.76. The maximum absolute atomic E-state index is 11.4. The van der Waals surface area contributed by atoms with Crippen LogP contribution in [-0.4, -0.2) is 17.1 Å². The first-order valence-corrected chi connectivity index (χ1v) is 9.42. The first-order chi connectivity index (χ1) is 14.1. The maximum Gasteiger partial charge on any atom is 0.323 e. The van der Waals surface area contributed by atoms with Crippen LogP contribution in [0.5, 0.6) is 11.5 Å². The van der Waals surface area contributed by atoms with E-state index in [4.69, 9.17) is 9.47 Å². The molecule has 3 aromatic carbocycles. The maximum atomic E-state index is 11.4. The van der Waals surface area contributed by atoms with Crippen molar-refractivity contribution in [1.29, 1.82) is 0 Å². The van der Waals surface area contributed by atoms with E-state index in [2.05, 4.69) is 46.5 Å². The zero-order valence-corrected chi connectivity index (χ0v) is 17.5. The number of rotatable bonds is 7. The predicted molar refractivity (Wildman–Crippen MR) is 115 cm³/mol. The molecule has 0 aliphatic carbocycles. The van der Waals surface area contributed by atoms with Crippen LogP contribution in [0.4, 0.5) is 5.69 Å². The number of benzene rings is 3. The van der Waals surface area contributed by atoms with Crippen molar-refractivity contribution in [3.8, 4) is 11.5 Å². The highest BCUT2D eigenvalue weighted by molar-refractivity contribution is 5.78. The fraction of sp³-hybridized carbons (Fsp3) is 0.174. The second kappa shape index (κ2) is 9.41. The zero-order chi connectivity index (χ0) is 20.2. The Hall–Kier alpha value is -3.38. The Bertz CT molecular complexity index is 1180. The van der Waals surface area contributed by atoms with E-state index in [1.54, 1.807) is 7.11 Å². The topological polar surface area (TPSA) is 79.1 Å². The molecule has 0 aliphatic heterocycles. The molecular formula is C23H23ClN3O3-. The summed E-state index contributed by atoms with van der Waals surface area (Å²) in [5, 5.41) is 3.36. The van der Waals surface area contributed by atoms with E-state index in [1.165, 1.54) is 5.56 Å². The highest BCUT2D eigenvalue weighted by Gasteiger charge is 2.07. The highest BCUT2D eigenvalue weighted by atomic mass is 35.5. The number of fused-ring (bicyclic) bond motifs is 1. The van der Waals surface area contributed by atoms with Gasteiger partial charge in [-0.25, -0.2) is 4.79 Å². The van der Waals surface area contributed by atoms with Crippen molar-refractivity contribution in [3.63, 3.8) is 0 Å². The second-order valence-electron chi connectivity index (χ2n) is 6.95. The van der Waals surface area contributed by atoms with E-state index in [9.17, 15) is 4.79 Å². The van der Waals surface area contributed by atoms with Crippen LogP contribution in [0.2, 0.25) is 0 Å². The number of methoxy groups -OCH3 is 1. The summed E-state index contributed by atoms with van der Waals surface area (Å²) in [6.07, 6.45) is 0. The molecule has 0 saturated heterocycles. The van der Waals surface area contributed by atoms with Gasteiger partial charge in [0.2, 0.25) is 0 Å². The number of ether oxygens (including phenoxy) is 2. The standard InChI is InChI=1S/C23H23N3O3.ClH/c1-15-3-5-16(6-4-15)14-29-21-10-7-17(11-22(21)28-2)13-24-18-8-9-19-20(12-18)26-23(27)25-19;/h3-12,24H,13-14H2,1-2H3,(H2,25,26,27);1H/p-1. The van der Waals surface area contributed by atoms with Crippen molar-refractivity contribution in [2.75, 3.05) is 12.4 Å². The first-order valence-electron chi connectivity index (χ1n) is 9.42. The monoisotopic (exact) mass is 424 g/mol. The fourth-order valence-corrected chi connectivity index (χ4v) is 3.13. The number of H-pyrrole nitrogens is 2. The Kier molecular flexibility index (Phi) is 6.69. The van der Waals surface area contributed by atoms with E-state index in [-0.39, 0.29) is 18.1 Å². The van der Waals surface area contributed by atoms with Gasteiger partial charge in [-0.15, -0.1) is 0 Å². The Balaban J connectivity index is 0.00000256. The van der Waals surface area contributed by atoms with Crippen molar-refractivity contribution < 1.29 is 21.9 Å². The Morgan fingerprint density at radius 2 is 1.60 bits per heavy atom. The van der Waals surface area contributed by atoms with E-state index in [0.29, 0.717) is 24.7 Å². The van der Waals surface area contributed by atoms with E-state index in [0.717, 1.165) is 27.8 Å². The molecule has 0 aliphatic rings. The van der Waals surface area contributed by atoms with Crippen LogP contribution in [0.1, 0.15) is 16.7 Å². The molecule has 7 heteroatoms. The van der Waals surface area contributed by atoms with Crippen molar-refractivity contribution >= 4 is 16.7 Å². The lowest BCUT2D eigenvalue weighted by atomic mass is 10.1. The lowest BCUT2D eigenvalue weighted by Gasteiger charge is -2.13. The first kappa shape index (κ1) is 21.3. The molecule has 3 N–H and O–H groups in total. The molecule has 0 unspecified atom stereocenters. The number of hydrogen-bond acceptors (Lipinski definition) is 4. The Labute approximate surface area is 180 Å². The van der Waals surface area contributed by atoms with Crippen LogP contribution < -0.4 is 32.9 Å². The quantitative estimate of drug-likeness (QED) is 0.418. The molecule has 1 heterocycles. The lowest BCUT2D eigenvalue weighted by molar-refractivity contribution is -0.00000662. The molecule has 4 aromatic rings. The van der Waals surface area contributed by atoms with Gasteiger partial charge in [0.1, 0.15) is 6.61 Å². The van der Waals surface area contributed by atoms with E-state index >= 15 is 0 Å². The summed E-state index contributed by atoms with van der Waals surface area (Å²) in [5.74, 6) is 1.41. The highest BCUT2D eigenvalue weighted by Crippen LogP contribution is 2.29. The van der Waals surface area contributed by atoms with Gasteiger partial charge in [0.15, 0.2) is 11.5 Å². The van der Waals surface area contributed by atoms with E-state index < -0.39 is 0 Å². The second-order valence-corrected chi connectivity index (χ2v) is 6.95. The largest absolute Gasteiger partial charge is 1.00 e. The molecule has 0 fully saturated rings. The van der Waals surface area contributed by atoms with Crippen LogP contribution in [0.15, 0.2) is 65.5 Å². The normalized spacial score (nSPS) is 10.5.